The number of aromatic nitrogens is 2. The number of hydrogen-bond donors (Lipinski definition) is 3. The Morgan fingerprint density at radius 1 is 1.23 bits per heavy atom. The number of carbonyl (C=O) groups is 1. The van der Waals surface area contributed by atoms with Gasteiger partial charge in [0.15, 0.2) is 0 Å². The minimum absolute atomic E-state index is 0.134. The maximum atomic E-state index is 14.0. The number of H-pyrrole nitrogens is 1. The fourth-order valence-corrected chi connectivity index (χ4v) is 5.80. The Morgan fingerprint density at radius 2 is 1.98 bits per heavy atom. The molecule has 1 aromatic heterocycles. The van der Waals surface area contributed by atoms with E-state index in [9.17, 15) is 28.4 Å². The average molecular weight is 578 g/mol. The van der Waals surface area contributed by atoms with Crippen molar-refractivity contribution in [2.75, 3.05) is 13.2 Å². The number of aliphatic hydroxyl groups is 1. The van der Waals surface area contributed by atoms with Crippen molar-refractivity contribution >= 4 is 24.5 Å². The highest BCUT2D eigenvalue weighted by molar-refractivity contribution is 7.52. The van der Waals surface area contributed by atoms with E-state index in [0.717, 1.165) is 22.8 Å². The van der Waals surface area contributed by atoms with Crippen LogP contribution in [0.4, 0.5) is 4.39 Å². The van der Waals surface area contributed by atoms with Crippen molar-refractivity contribution < 1.29 is 37.4 Å². The summed E-state index contributed by atoms with van der Waals surface area (Å²) in [5, 5.41) is 14.6. The highest BCUT2D eigenvalue weighted by Crippen LogP contribution is 2.47. The predicted octanol–water partition coefficient (Wildman–Crippen LogP) is 2.61. The minimum Gasteiger partial charge on any atom is -0.464 e. The number of carbonyl (C=O) groups excluding carboxylic acids is 1. The largest absolute Gasteiger partial charge is 0.464 e. The number of ether oxygens (including phenoxy) is 2. The van der Waals surface area contributed by atoms with E-state index in [1.807, 2.05) is 23.2 Å². The lowest BCUT2D eigenvalue weighted by molar-refractivity contribution is -0.145. The van der Waals surface area contributed by atoms with Crippen LogP contribution in [0.1, 0.15) is 32.4 Å². The van der Waals surface area contributed by atoms with E-state index in [1.54, 1.807) is 24.3 Å². The van der Waals surface area contributed by atoms with Gasteiger partial charge in [-0.3, -0.25) is 23.7 Å². The van der Waals surface area contributed by atoms with Crippen LogP contribution in [0.2, 0.25) is 0 Å². The van der Waals surface area contributed by atoms with Crippen LogP contribution in [0.5, 0.6) is 5.75 Å². The third kappa shape index (κ3) is 6.51. The zero-order valence-corrected chi connectivity index (χ0v) is 22.4. The van der Waals surface area contributed by atoms with Crippen molar-refractivity contribution in [1.82, 2.24) is 14.6 Å². The number of rotatable bonds is 11. The molecule has 5 rings (SSSR count). The van der Waals surface area contributed by atoms with Gasteiger partial charge in [-0.05, 0) is 37.1 Å². The van der Waals surface area contributed by atoms with Gasteiger partial charge in [-0.25, -0.2) is 9.36 Å². The Balaban J connectivity index is 1.33. The maximum absolute atomic E-state index is 14.0. The second kappa shape index (κ2) is 11.6. The molecule has 0 spiro atoms. The van der Waals surface area contributed by atoms with E-state index in [0.29, 0.717) is 17.5 Å². The molecule has 2 aromatic carbocycles. The fraction of sp³-hybridized carbons (Fsp3) is 0.423. The monoisotopic (exact) mass is 577 g/mol. The first-order chi connectivity index (χ1) is 19.1. The summed E-state index contributed by atoms with van der Waals surface area (Å²) < 4.78 is 51.1. The van der Waals surface area contributed by atoms with Crippen LogP contribution in [-0.4, -0.2) is 52.1 Å². The van der Waals surface area contributed by atoms with Gasteiger partial charge in [0.25, 0.3) is 5.56 Å². The van der Waals surface area contributed by atoms with E-state index < -0.39 is 61.9 Å². The van der Waals surface area contributed by atoms with Crippen molar-refractivity contribution in [1.29, 1.82) is 0 Å². The third-order valence-corrected chi connectivity index (χ3v) is 8.31. The van der Waals surface area contributed by atoms with Crippen LogP contribution in [0.15, 0.2) is 58.3 Å². The highest BCUT2D eigenvalue weighted by atomic mass is 31.2. The molecule has 3 N–H and O–H groups in total. The number of nitrogens with zero attached hydrogens (tertiary/aromatic N) is 1. The van der Waals surface area contributed by atoms with Crippen LogP contribution >= 0.6 is 7.75 Å². The van der Waals surface area contributed by atoms with Crippen LogP contribution in [0.25, 0.3) is 10.8 Å². The Labute approximate surface area is 227 Å². The van der Waals surface area contributed by atoms with E-state index in [2.05, 4.69) is 5.09 Å². The predicted molar refractivity (Wildman–Crippen MR) is 140 cm³/mol. The van der Waals surface area contributed by atoms with Gasteiger partial charge in [-0.2, -0.15) is 9.48 Å². The van der Waals surface area contributed by atoms with Gasteiger partial charge in [0.1, 0.15) is 24.1 Å². The van der Waals surface area contributed by atoms with Crippen LogP contribution in [0.3, 0.4) is 0 Å². The average Bonchev–Trinajstić information content (AvgIpc) is 3.68. The SMILES string of the molecule is C[C@H](NP(=O)(OC[C@H]1O[C@@H](n2cc(F)c(=O)[nH]c2=O)C[C@H]1O)Oc1cccc2ccccc12)C(=O)OCC1CC1. The van der Waals surface area contributed by atoms with Gasteiger partial charge in [0, 0.05) is 11.8 Å². The molecule has 1 saturated heterocycles. The van der Waals surface area contributed by atoms with Crippen molar-refractivity contribution in [2.45, 2.75) is 50.7 Å². The molecule has 14 heteroatoms. The second-order valence-electron chi connectivity index (χ2n) is 9.86. The van der Waals surface area contributed by atoms with Crippen molar-refractivity contribution in [3.8, 4) is 5.75 Å². The number of nitrogens with one attached hydrogen (secondary N) is 2. The molecule has 1 aliphatic carbocycles. The summed E-state index contributed by atoms with van der Waals surface area (Å²) in [6.07, 6.45) is -0.885. The lowest BCUT2D eigenvalue weighted by Crippen LogP contribution is -2.36. The Bertz CT molecular complexity index is 1550. The molecule has 3 aromatic rings. The number of fused-ring (bicyclic) bond motifs is 1. The lowest BCUT2D eigenvalue weighted by atomic mass is 10.1. The van der Waals surface area contributed by atoms with Gasteiger partial charge in [0.05, 0.1) is 25.5 Å². The van der Waals surface area contributed by atoms with Crippen LogP contribution in [-0.2, 0) is 23.4 Å². The molecule has 0 amide bonds. The van der Waals surface area contributed by atoms with E-state index in [4.69, 9.17) is 18.5 Å². The lowest BCUT2D eigenvalue weighted by Gasteiger charge is -2.25. The molecule has 1 saturated carbocycles. The number of benzene rings is 2. The molecule has 2 fully saturated rings. The molecule has 12 nitrogen and oxygen atoms in total. The third-order valence-electron chi connectivity index (χ3n) is 6.68. The molecule has 2 aliphatic rings. The standard InChI is InChI=1S/C26H29FN3O9P/c1-15(25(33)36-13-16-9-10-16)29-40(35,39-21-8-4-6-17-5-2-3-7-18(17)21)37-14-22-20(31)11-23(38-22)30-12-19(27)24(32)28-26(30)34/h2-8,12,15-16,20,22-23,31H,9-11,13-14H2,1H3,(H,29,35)(H,28,32,34)/t15-,20+,22+,23+,40?/m0/s1. The van der Waals surface area contributed by atoms with Crippen LogP contribution < -0.4 is 20.9 Å². The second-order valence-corrected chi connectivity index (χ2v) is 11.6. The Morgan fingerprint density at radius 3 is 2.75 bits per heavy atom. The topological polar surface area (TPSA) is 158 Å². The van der Waals surface area contributed by atoms with E-state index in [1.165, 1.54) is 6.92 Å². The molecule has 0 radical (unpaired) electrons. The van der Waals surface area contributed by atoms with Gasteiger partial charge in [0.2, 0.25) is 5.82 Å². The minimum atomic E-state index is -4.30. The summed E-state index contributed by atoms with van der Waals surface area (Å²) in [6, 6.07) is 11.4. The van der Waals surface area contributed by atoms with Crippen molar-refractivity contribution in [2.24, 2.45) is 5.92 Å². The van der Waals surface area contributed by atoms with Gasteiger partial charge in [-0.15, -0.1) is 0 Å². The Hall–Kier alpha value is -3.35. The highest BCUT2D eigenvalue weighted by Gasteiger charge is 2.40. The summed E-state index contributed by atoms with van der Waals surface area (Å²) in [7, 11) is -4.30. The summed E-state index contributed by atoms with van der Waals surface area (Å²) in [5.74, 6) is -1.26. The smallest absolute Gasteiger partial charge is 0.459 e. The molecule has 5 atom stereocenters. The van der Waals surface area contributed by atoms with E-state index >= 15 is 0 Å². The zero-order valence-electron chi connectivity index (χ0n) is 21.5. The molecule has 1 unspecified atom stereocenters. The molecular formula is C26H29FN3O9P. The van der Waals surface area contributed by atoms with Crippen molar-refractivity contribution in [3.63, 3.8) is 0 Å². The van der Waals surface area contributed by atoms with Gasteiger partial charge < -0.3 is 19.1 Å². The van der Waals surface area contributed by atoms with Crippen molar-refractivity contribution in [3.05, 3.63) is 75.3 Å². The van der Waals surface area contributed by atoms with Gasteiger partial charge >= 0.3 is 19.4 Å². The fourth-order valence-electron chi connectivity index (χ4n) is 4.28. The van der Waals surface area contributed by atoms with E-state index in [-0.39, 0.29) is 18.8 Å². The first-order valence-electron chi connectivity index (χ1n) is 12.8. The molecule has 0 bridgehead atoms. The Kier molecular flexibility index (Phi) is 8.20. The maximum Gasteiger partial charge on any atom is 0.459 e. The number of esters is 1. The molecular weight excluding hydrogens is 548 g/mol. The molecule has 214 valence electrons. The number of aromatic amines is 1. The first kappa shape index (κ1) is 28.2. The molecule has 40 heavy (non-hydrogen) atoms. The summed E-state index contributed by atoms with van der Waals surface area (Å²) in [5.41, 5.74) is -2.10. The van der Waals surface area contributed by atoms with Crippen LogP contribution in [0, 0.1) is 11.7 Å². The summed E-state index contributed by atoms with van der Waals surface area (Å²) in [4.78, 5) is 37.9. The molecule has 2 heterocycles. The normalized spacial score (nSPS) is 23.0. The number of halogens is 1. The number of aliphatic hydroxyl groups excluding tert-OH is 1. The zero-order chi connectivity index (χ0) is 28.4. The quantitative estimate of drug-likeness (QED) is 0.229. The molecule has 1 aliphatic heterocycles. The number of hydrogen-bond acceptors (Lipinski definition) is 9. The van der Waals surface area contributed by atoms with Gasteiger partial charge in [-0.1, -0.05) is 36.4 Å². The summed E-state index contributed by atoms with van der Waals surface area (Å²) >= 11 is 0. The summed E-state index contributed by atoms with van der Waals surface area (Å²) in [6.45, 7) is 1.26. The first-order valence-corrected chi connectivity index (χ1v) is 14.4.